The predicted molar refractivity (Wildman–Crippen MR) is 67.2 cm³/mol. The van der Waals surface area contributed by atoms with Gasteiger partial charge in [0.05, 0.1) is 7.11 Å². The molecular formula is C13H11FO4S. The van der Waals surface area contributed by atoms with Gasteiger partial charge in [-0.05, 0) is 30.3 Å². The van der Waals surface area contributed by atoms with Crippen LogP contribution in [0.2, 0.25) is 0 Å². The molecule has 0 saturated heterocycles. The van der Waals surface area contributed by atoms with Crippen molar-refractivity contribution < 1.29 is 21.7 Å². The summed E-state index contributed by atoms with van der Waals surface area (Å²) >= 11 is 0. The van der Waals surface area contributed by atoms with Crippen LogP contribution in [0.25, 0.3) is 0 Å². The molecule has 0 heterocycles. The van der Waals surface area contributed by atoms with E-state index in [4.69, 9.17) is 8.92 Å². The fourth-order valence-corrected chi connectivity index (χ4v) is 2.41. The Bertz CT molecular complexity index is 683. The second-order valence-electron chi connectivity index (χ2n) is 3.67. The van der Waals surface area contributed by atoms with Crippen LogP contribution in [0.3, 0.4) is 0 Å². The van der Waals surface area contributed by atoms with Crippen molar-refractivity contribution in [3.05, 3.63) is 54.3 Å². The maximum absolute atomic E-state index is 13.0. The summed E-state index contributed by atoms with van der Waals surface area (Å²) in [6, 6.07) is 10.8. The van der Waals surface area contributed by atoms with E-state index in [2.05, 4.69) is 0 Å². The molecule has 0 radical (unpaired) electrons. The van der Waals surface area contributed by atoms with E-state index in [9.17, 15) is 12.8 Å². The van der Waals surface area contributed by atoms with Gasteiger partial charge in [0.15, 0.2) is 0 Å². The van der Waals surface area contributed by atoms with Crippen molar-refractivity contribution in [3.8, 4) is 11.5 Å². The minimum Gasteiger partial charge on any atom is -0.497 e. The molecule has 2 aromatic rings. The molecule has 19 heavy (non-hydrogen) atoms. The number of hydrogen-bond acceptors (Lipinski definition) is 4. The predicted octanol–water partition coefficient (Wildman–Crippen LogP) is 2.60. The standard InChI is InChI=1S/C13H11FO4S/c1-17-11-5-3-6-12(9-11)18-19(15,16)13-7-2-4-10(14)8-13/h2-9H,1H3. The van der Waals surface area contributed by atoms with E-state index in [1.54, 1.807) is 12.1 Å². The Kier molecular flexibility index (Phi) is 3.71. The molecule has 0 N–H and O–H groups in total. The normalized spacial score (nSPS) is 11.1. The van der Waals surface area contributed by atoms with E-state index in [0.29, 0.717) is 5.75 Å². The van der Waals surface area contributed by atoms with Crippen LogP contribution in [0, 0.1) is 5.82 Å². The van der Waals surface area contributed by atoms with Crippen LogP contribution in [0.1, 0.15) is 0 Å². The second-order valence-corrected chi connectivity index (χ2v) is 5.22. The summed E-state index contributed by atoms with van der Waals surface area (Å²) in [4.78, 5) is -0.240. The van der Waals surface area contributed by atoms with Gasteiger partial charge in [-0.15, -0.1) is 0 Å². The van der Waals surface area contributed by atoms with E-state index >= 15 is 0 Å². The van der Waals surface area contributed by atoms with Gasteiger partial charge in [0.1, 0.15) is 22.2 Å². The SMILES string of the molecule is COc1cccc(OS(=O)(=O)c2cccc(F)c2)c1. The molecule has 0 atom stereocenters. The molecule has 0 fully saturated rings. The largest absolute Gasteiger partial charge is 0.497 e. The lowest BCUT2D eigenvalue weighted by Gasteiger charge is -2.08. The Hall–Kier alpha value is -2.08. The lowest BCUT2D eigenvalue weighted by Crippen LogP contribution is -2.09. The fraction of sp³-hybridized carbons (Fsp3) is 0.0769. The number of ether oxygens (including phenoxy) is 1. The molecule has 4 nitrogen and oxygen atoms in total. The minimum atomic E-state index is -4.06. The smallest absolute Gasteiger partial charge is 0.339 e. The van der Waals surface area contributed by atoms with Gasteiger partial charge < -0.3 is 8.92 Å². The monoisotopic (exact) mass is 282 g/mol. The van der Waals surface area contributed by atoms with Crippen molar-refractivity contribution >= 4 is 10.1 Å². The molecule has 0 aliphatic rings. The number of halogens is 1. The number of methoxy groups -OCH3 is 1. The van der Waals surface area contributed by atoms with Crippen LogP contribution in [0.4, 0.5) is 4.39 Å². The van der Waals surface area contributed by atoms with Gasteiger partial charge in [-0.25, -0.2) is 4.39 Å². The van der Waals surface area contributed by atoms with Gasteiger partial charge in [0, 0.05) is 6.07 Å². The highest BCUT2D eigenvalue weighted by atomic mass is 32.2. The first kappa shape index (κ1) is 13.4. The quantitative estimate of drug-likeness (QED) is 0.809. The van der Waals surface area contributed by atoms with Crippen LogP contribution < -0.4 is 8.92 Å². The van der Waals surface area contributed by atoms with E-state index in [1.165, 1.54) is 31.4 Å². The summed E-state index contributed by atoms with van der Waals surface area (Å²) in [5, 5.41) is 0. The number of hydrogen-bond donors (Lipinski definition) is 0. The van der Waals surface area contributed by atoms with Crippen molar-refractivity contribution in [2.45, 2.75) is 4.90 Å². The summed E-state index contributed by atoms with van der Waals surface area (Å²) in [5.41, 5.74) is 0. The van der Waals surface area contributed by atoms with Gasteiger partial charge in [-0.1, -0.05) is 12.1 Å². The van der Waals surface area contributed by atoms with Gasteiger partial charge >= 0.3 is 10.1 Å². The molecule has 0 bridgehead atoms. The third-order valence-corrected chi connectivity index (χ3v) is 3.58. The molecule has 0 saturated carbocycles. The Balaban J connectivity index is 2.31. The van der Waals surface area contributed by atoms with Crippen molar-refractivity contribution in [2.24, 2.45) is 0 Å². The van der Waals surface area contributed by atoms with Crippen molar-refractivity contribution in [1.29, 1.82) is 0 Å². The first-order valence-corrected chi connectivity index (χ1v) is 6.76. The average molecular weight is 282 g/mol. The Morgan fingerprint density at radius 3 is 2.37 bits per heavy atom. The average Bonchev–Trinajstić information content (AvgIpc) is 2.38. The zero-order chi connectivity index (χ0) is 13.9. The first-order valence-electron chi connectivity index (χ1n) is 5.35. The van der Waals surface area contributed by atoms with Crippen LogP contribution in [0.15, 0.2) is 53.4 Å². The molecule has 2 aromatic carbocycles. The summed E-state index contributed by atoms with van der Waals surface area (Å²) in [7, 11) is -2.60. The van der Waals surface area contributed by atoms with Crippen molar-refractivity contribution in [3.63, 3.8) is 0 Å². The van der Waals surface area contributed by atoms with E-state index in [1.807, 2.05) is 0 Å². The Morgan fingerprint density at radius 1 is 1.00 bits per heavy atom. The summed E-state index contributed by atoms with van der Waals surface area (Å²) in [6.07, 6.45) is 0. The maximum atomic E-state index is 13.0. The van der Waals surface area contributed by atoms with Gasteiger partial charge in [0.2, 0.25) is 0 Å². The number of benzene rings is 2. The highest BCUT2D eigenvalue weighted by Crippen LogP contribution is 2.23. The van der Waals surface area contributed by atoms with Gasteiger partial charge in [0.25, 0.3) is 0 Å². The summed E-state index contributed by atoms with van der Waals surface area (Å²) in [6.45, 7) is 0. The Morgan fingerprint density at radius 2 is 1.68 bits per heavy atom. The molecule has 0 aromatic heterocycles. The zero-order valence-corrected chi connectivity index (χ0v) is 10.9. The lowest BCUT2D eigenvalue weighted by molar-refractivity contribution is 0.411. The topological polar surface area (TPSA) is 52.6 Å². The highest BCUT2D eigenvalue weighted by molar-refractivity contribution is 7.87. The molecule has 0 aliphatic heterocycles. The van der Waals surface area contributed by atoms with E-state index in [0.717, 1.165) is 12.1 Å². The van der Waals surface area contributed by atoms with Crippen molar-refractivity contribution in [2.75, 3.05) is 7.11 Å². The zero-order valence-electron chi connectivity index (χ0n) is 10.0. The molecule has 0 unspecified atom stereocenters. The minimum absolute atomic E-state index is 0.101. The van der Waals surface area contributed by atoms with Crippen LogP contribution >= 0.6 is 0 Å². The maximum Gasteiger partial charge on any atom is 0.339 e. The Labute approximate surface area is 110 Å². The van der Waals surface area contributed by atoms with Crippen LogP contribution in [-0.4, -0.2) is 15.5 Å². The molecule has 100 valence electrons. The first-order chi connectivity index (χ1) is 9.01. The van der Waals surface area contributed by atoms with Crippen molar-refractivity contribution in [1.82, 2.24) is 0 Å². The molecule has 6 heteroatoms. The molecule has 0 spiro atoms. The van der Waals surface area contributed by atoms with Crippen LogP contribution in [-0.2, 0) is 10.1 Å². The van der Waals surface area contributed by atoms with E-state index in [-0.39, 0.29) is 10.6 Å². The molecule has 0 amide bonds. The highest BCUT2D eigenvalue weighted by Gasteiger charge is 2.17. The third-order valence-electron chi connectivity index (χ3n) is 2.33. The molecule has 2 rings (SSSR count). The lowest BCUT2D eigenvalue weighted by atomic mass is 10.3. The summed E-state index contributed by atoms with van der Waals surface area (Å²) in [5.74, 6) is -0.0779. The molecule has 0 aliphatic carbocycles. The molecular weight excluding hydrogens is 271 g/mol. The second kappa shape index (κ2) is 5.27. The third kappa shape index (κ3) is 3.23. The summed E-state index contributed by atoms with van der Waals surface area (Å²) < 4.78 is 46.7. The van der Waals surface area contributed by atoms with Crippen LogP contribution in [0.5, 0.6) is 11.5 Å². The van der Waals surface area contributed by atoms with Gasteiger partial charge in [-0.3, -0.25) is 0 Å². The van der Waals surface area contributed by atoms with Gasteiger partial charge in [-0.2, -0.15) is 8.42 Å². The van der Waals surface area contributed by atoms with E-state index < -0.39 is 15.9 Å². The number of rotatable bonds is 4. The fourth-order valence-electron chi connectivity index (χ4n) is 1.45.